The van der Waals surface area contributed by atoms with E-state index in [0.29, 0.717) is 11.9 Å². The number of nitrogens with zero attached hydrogens (tertiary/aromatic N) is 2. The number of ether oxygens (including phenoxy) is 1. The van der Waals surface area contributed by atoms with Crippen LogP contribution in [0.4, 0.5) is 11.6 Å². The van der Waals surface area contributed by atoms with Crippen LogP contribution < -0.4 is 11.1 Å². The minimum Gasteiger partial charge on any atom is -0.383 e. The summed E-state index contributed by atoms with van der Waals surface area (Å²) in [6.45, 7) is 4.97. The van der Waals surface area contributed by atoms with E-state index in [9.17, 15) is 0 Å². The molecule has 2 rings (SSSR count). The molecule has 94 valence electrons. The Kier molecular flexibility index (Phi) is 3.53. The molecular weight excluding hydrogens is 284 g/mol. The van der Waals surface area contributed by atoms with Crippen molar-refractivity contribution in [3.8, 4) is 0 Å². The maximum atomic E-state index is 5.72. The maximum absolute atomic E-state index is 5.72. The number of nitrogens with one attached hydrogen (secondary N) is 1. The Balaban J connectivity index is 2.08. The normalized spacial score (nSPS) is 23.4. The zero-order valence-electron chi connectivity index (χ0n) is 10.0. The number of hydrogen-bond donors (Lipinski definition) is 2. The summed E-state index contributed by atoms with van der Waals surface area (Å²) in [6.07, 6.45) is 3.38. The first-order chi connectivity index (χ1) is 7.98. The molecule has 1 atom stereocenters. The van der Waals surface area contributed by atoms with E-state index in [4.69, 9.17) is 10.5 Å². The summed E-state index contributed by atoms with van der Waals surface area (Å²) in [7, 11) is 0. The van der Waals surface area contributed by atoms with Crippen molar-refractivity contribution in [2.75, 3.05) is 17.7 Å². The number of anilines is 2. The molecule has 17 heavy (non-hydrogen) atoms. The van der Waals surface area contributed by atoms with Crippen LogP contribution in [0.1, 0.15) is 26.7 Å². The van der Waals surface area contributed by atoms with E-state index in [1.165, 1.54) is 6.33 Å². The molecule has 6 heteroatoms. The molecule has 1 aromatic heterocycles. The van der Waals surface area contributed by atoms with Crippen LogP contribution in [0.15, 0.2) is 10.8 Å². The standard InChI is InChI=1S/C11H17BrN4O/c1-11(2)5-7(3-4-17-11)16-10-8(12)9(13)14-6-15-10/h6-7H,3-5H2,1-2H3,(H3,13,14,15,16). The Bertz CT molecular complexity index is 410. The Hall–Kier alpha value is -0.880. The number of aromatic nitrogens is 2. The third kappa shape index (κ3) is 3.07. The lowest BCUT2D eigenvalue weighted by molar-refractivity contribution is -0.0553. The molecule has 1 aliphatic heterocycles. The van der Waals surface area contributed by atoms with E-state index in [1.807, 2.05) is 0 Å². The number of nitrogens with two attached hydrogens (primary N) is 1. The lowest BCUT2D eigenvalue weighted by Gasteiger charge is -2.36. The van der Waals surface area contributed by atoms with Crippen molar-refractivity contribution in [1.82, 2.24) is 9.97 Å². The minimum absolute atomic E-state index is 0.0824. The van der Waals surface area contributed by atoms with Gasteiger partial charge >= 0.3 is 0 Å². The van der Waals surface area contributed by atoms with Crippen LogP contribution in [0.5, 0.6) is 0 Å². The molecule has 0 aromatic carbocycles. The second-order valence-electron chi connectivity index (χ2n) is 4.86. The Morgan fingerprint density at radius 3 is 3.00 bits per heavy atom. The van der Waals surface area contributed by atoms with Crippen LogP contribution in [0, 0.1) is 0 Å². The quantitative estimate of drug-likeness (QED) is 0.876. The van der Waals surface area contributed by atoms with E-state index in [0.717, 1.165) is 29.7 Å². The predicted octanol–water partition coefficient (Wildman–Crippen LogP) is 2.19. The van der Waals surface area contributed by atoms with Gasteiger partial charge in [-0.3, -0.25) is 0 Å². The molecule has 0 bridgehead atoms. The first-order valence-electron chi connectivity index (χ1n) is 5.64. The van der Waals surface area contributed by atoms with E-state index in [2.05, 4.69) is 45.1 Å². The second-order valence-corrected chi connectivity index (χ2v) is 5.66. The predicted molar refractivity (Wildman–Crippen MR) is 70.8 cm³/mol. The molecule has 5 nitrogen and oxygen atoms in total. The molecule has 1 saturated heterocycles. The summed E-state index contributed by atoms with van der Waals surface area (Å²) in [4.78, 5) is 8.11. The molecule has 0 spiro atoms. The minimum atomic E-state index is -0.0824. The summed E-state index contributed by atoms with van der Waals surface area (Å²) in [5, 5.41) is 3.39. The van der Waals surface area contributed by atoms with Gasteiger partial charge in [0.15, 0.2) is 0 Å². The van der Waals surface area contributed by atoms with Gasteiger partial charge in [0.2, 0.25) is 0 Å². The fraction of sp³-hybridized carbons (Fsp3) is 0.636. The van der Waals surface area contributed by atoms with Crippen LogP contribution in [0.25, 0.3) is 0 Å². The number of rotatable bonds is 2. The maximum Gasteiger partial charge on any atom is 0.146 e. The zero-order valence-corrected chi connectivity index (χ0v) is 11.6. The number of halogens is 1. The van der Waals surface area contributed by atoms with Crippen LogP contribution in [-0.4, -0.2) is 28.2 Å². The van der Waals surface area contributed by atoms with Gasteiger partial charge in [0.1, 0.15) is 22.4 Å². The third-order valence-corrected chi connectivity index (χ3v) is 3.64. The molecule has 0 amide bonds. The smallest absolute Gasteiger partial charge is 0.146 e. The molecule has 1 unspecified atom stereocenters. The Morgan fingerprint density at radius 1 is 1.53 bits per heavy atom. The molecule has 1 aromatic rings. The summed E-state index contributed by atoms with van der Waals surface area (Å²) < 4.78 is 6.40. The van der Waals surface area contributed by atoms with E-state index >= 15 is 0 Å². The fourth-order valence-corrected chi connectivity index (χ4v) is 2.35. The molecule has 0 saturated carbocycles. The van der Waals surface area contributed by atoms with Crippen molar-refractivity contribution in [3.63, 3.8) is 0 Å². The first-order valence-corrected chi connectivity index (χ1v) is 6.44. The van der Waals surface area contributed by atoms with Gasteiger partial charge in [-0.15, -0.1) is 0 Å². The van der Waals surface area contributed by atoms with Crippen LogP contribution >= 0.6 is 15.9 Å². The molecule has 0 aliphatic carbocycles. The SMILES string of the molecule is CC1(C)CC(Nc2ncnc(N)c2Br)CCO1. The highest BCUT2D eigenvalue weighted by atomic mass is 79.9. The van der Waals surface area contributed by atoms with Crippen molar-refractivity contribution in [2.24, 2.45) is 0 Å². The molecule has 0 radical (unpaired) electrons. The molecule has 3 N–H and O–H groups in total. The second kappa shape index (κ2) is 4.78. The highest BCUT2D eigenvalue weighted by molar-refractivity contribution is 9.10. The lowest BCUT2D eigenvalue weighted by atomic mass is 9.94. The van der Waals surface area contributed by atoms with Gasteiger partial charge in [0.25, 0.3) is 0 Å². The van der Waals surface area contributed by atoms with Gasteiger partial charge < -0.3 is 15.8 Å². The van der Waals surface area contributed by atoms with Crippen LogP contribution in [-0.2, 0) is 4.74 Å². The Labute approximate surface area is 109 Å². The summed E-state index contributed by atoms with van der Waals surface area (Å²) in [6, 6.07) is 0.351. The van der Waals surface area contributed by atoms with Gasteiger partial charge in [0.05, 0.1) is 5.60 Å². The van der Waals surface area contributed by atoms with Gasteiger partial charge in [-0.2, -0.15) is 0 Å². The average Bonchev–Trinajstić information content (AvgIpc) is 2.23. The van der Waals surface area contributed by atoms with Crippen LogP contribution in [0.3, 0.4) is 0 Å². The molecular formula is C11H17BrN4O. The van der Waals surface area contributed by atoms with Gasteiger partial charge in [-0.25, -0.2) is 9.97 Å². The van der Waals surface area contributed by atoms with E-state index < -0.39 is 0 Å². The highest BCUT2D eigenvalue weighted by Crippen LogP contribution is 2.29. The van der Waals surface area contributed by atoms with Crippen molar-refractivity contribution < 1.29 is 4.74 Å². The summed E-state index contributed by atoms with van der Waals surface area (Å²) in [5.74, 6) is 1.20. The van der Waals surface area contributed by atoms with Crippen molar-refractivity contribution in [2.45, 2.75) is 38.3 Å². The lowest BCUT2D eigenvalue weighted by Crippen LogP contribution is -2.40. The Morgan fingerprint density at radius 2 is 2.29 bits per heavy atom. The van der Waals surface area contributed by atoms with Crippen molar-refractivity contribution in [1.29, 1.82) is 0 Å². The van der Waals surface area contributed by atoms with Gasteiger partial charge in [-0.05, 0) is 42.6 Å². The largest absolute Gasteiger partial charge is 0.383 e. The number of nitrogen functional groups attached to an aromatic ring is 1. The van der Waals surface area contributed by atoms with E-state index in [1.54, 1.807) is 0 Å². The highest BCUT2D eigenvalue weighted by Gasteiger charge is 2.29. The van der Waals surface area contributed by atoms with Gasteiger partial charge in [-0.1, -0.05) is 0 Å². The molecule has 2 heterocycles. The topological polar surface area (TPSA) is 73.1 Å². The fourth-order valence-electron chi connectivity index (χ4n) is 2.03. The molecule has 1 aliphatic rings. The van der Waals surface area contributed by atoms with Crippen molar-refractivity contribution >= 4 is 27.6 Å². The van der Waals surface area contributed by atoms with E-state index in [-0.39, 0.29) is 5.60 Å². The van der Waals surface area contributed by atoms with Crippen LogP contribution in [0.2, 0.25) is 0 Å². The van der Waals surface area contributed by atoms with Crippen molar-refractivity contribution in [3.05, 3.63) is 10.8 Å². The summed E-state index contributed by atoms with van der Waals surface area (Å²) in [5.41, 5.74) is 5.63. The first kappa shape index (κ1) is 12.6. The summed E-state index contributed by atoms with van der Waals surface area (Å²) >= 11 is 3.39. The monoisotopic (exact) mass is 300 g/mol. The average molecular weight is 301 g/mol. The zero-order chi connectivity index (χ0) is 12.5. The van der Waals surface area contributed by atoms with Gasteiger partial charge in [0, 0.05) is 12.6 Å². The molecule has 1 fully saturated rings. The number of hydrogen-bond acceptors (Lipinski definition) is 5. The third-order valence-electron chi connectivity index (χ3n) is 2.85.